The first-order valence-electron chi connectivity index (χ1n) is 5.53. The minimum absolute atomic E-state index is 0.521. The molecule has 0 radical (unpaired) electrons. The minimum Gasteiger partial charge on any atom is -0.304 e. The maximum atomic E-state index is 11.6. The quantitative estimate of drug-likeness (QED) is 0.752. The molecule has 15 heavy (non-hydrogen) atoms. The van der Waals surface area contributed by atoms with Crippen molar-refractivity contribution < 1.29 is 4.21 Å². The molecule has 1 atom stereocenters. The predicted molar refractivity (Wildman–Crippen MR) is 67.9 cm³/mol. The van der Waals surface area contributed by atoms with Crippen LogP contribution in [-0.4, -0.2) is 34.0 Å². The summed E-state index contributed by atoms with van der Waals surface area (Å²) in [5.74, 6) is 1.31. The summed E-state index contributed by atoms with van der Waals surface area (Å²) in [6.07, 6.45) is 2.86. The predicted octanol–water partition coefficient (Wildman–Crippen LogP) is 1.75. The molecule has 0 aromatic heterocycles. The van der Waals surface area contributed by atoms with Gasteiger partial charge in [0, 0.05) is 12.3 Å². The van der Waals surface area contributed by atoms with E-state index in [1.165, 1.54) is 0 Å². The van der Waals surface area contributed by atoms with Crippen LogP contribution < -0.4 is 5.32 Å². The highest BCUT2D eigenvalue weighted by atomic mass is 32.2. The molecule has 1 aliphatic heterocycles. The van der Waals surface area contributed by atoms with Gasteiger partial charge in [0.05, 0.1) is 17.7 Å². The number of allylic oxidation sites excluding steroid dienone is 1. The summed E-state index contributed by atoms with van der Waals surface area (Å²) in [5.41, 5.74) is 0. The van der Waals surface area contributed by atoms with Crippen LogP contribution in [0.4, 0.5) is 0 Å². The third kappa shape index (κ3) is 7.71. The number of rotatable bonds is 3. The lowest BCUT2D eigenvalue weighted by Gasteiger charge is -2.26. The van der Waals surface area contributed by atoms with Crippen LogP contribution in [0, 0.1) is 5.92 Å². The van der Waals surface area contributed by atoms with Crippen LogP contribution in [-0.2, 0) is 11.0 Å². The fourth-order valence-electron chi connectivity index (χ4n) is 1.23. The Hall–Kier alpha value is -0.190. The van der Waals surface area contributed by atoms with Gasteiger partial charge >= 0.3 is 0 Å². The van der Waals surface area contributed by atoms with Crippen molar-refractivity contribution in [3.05, 3.63) is 12.7 Å². The van der Waals surface area contributed by atoms with Gasteiger partial charge in [-0.1, -0.05) is 19.9 Å². The number of nitrogens with one attached hydrogen (secondary N) is 1. The van der Waals surface area contributed by atoms with E-state index < -0.39 is 11.0 Å². The Labute approximate surface area is 96.5 Å². The molecule has 1 unspecified atom stereocenters. The van der Waals surface area contributed by atoms with Gasteiger partial charge in [0.15, 0.2) is 0 Å². The van der Waals surface area contributed by atoms with Crippen molar-refractivity contribution in [2.45, 2.75) is 27.2 Å². The lowest BCUT2D eigenvalue weighted by atomic mass is 10.3. The standard InChI is InChI=1S/C8H18N2OS.C3H6/c1-8(2)6-12(11)10-5-3-4-9-7-10;1-3-2/h8-9H,3-7H2,1-2H3;3H,1H2,2H3. The van der Waals surface area contributed by atoms with E-state index in [1.807, 2.05) is 11.2 Å². The minimum atomic E-state index is -0.766. The average molecular weight is 232 g/mol. The van der Waals surface area contributed by atoms with Gasteiger partial charge in [0.1, 0.15) is 0 Å². The van der Waals surface area contributed by atoms with E-state index in [-0.39, 0.29) is 0 Å². The number of hydrogen-bond donors (Lipinski definition) is 1. The van der Waals surface area contributed by atoms with Crippen LogP contribution >= 0.6 is 0 Å². The van der Waals surface area contributed by atoms with Gasteiger partial charge < -0.3 is 5.32 Å². The molecule has 0 bridgehead atoms. The second kappa shape index (κ2) is 9.07. The lowest BCUT2D eigenvalue weighted by molar-refractivity contribution is 0.346. The Morgan fingerprint density at radius 2 is 2.20 bits per heavy atom. The van der Waals surface area contributed by atoms with E-state index >= 15 is 0 Å². The Morgan fingerprint density at radius 3 is 2.60 bits per heavy atom. The molecule has 4 heteroatoms. The Balaban J connectivity index is 0.000000583. The van der Waals surface area contributed by atoms with E-state index in [9.17, 15) is 4.21 Å². The van der Waals surface area contributed by atoms with Crippen molar-refractivity contribution in [1.82, 2.24) is 9.62 Å². The van der Waals surface area contributed by atoms with E-state index in [0.717, 1.165) is 31.9 Å². The summed E-state index contributed by atoms with van der Waals surface area (Å²) >= 11 is 0. The van der Waals surface area contributed by atoms with Gasteiger partial charge in [0.25, 0.3) is 0 Å². The van der Waals surface area contributed by atoms with Crippen molar-refractivity contribution >= 4 is 11.0 Å². The van der Waals surface area contributed by atoms with Gasteiger partial charge in [-0.25, -0.2) is 8.51 Å². The monoisotopic (exact) mass is 232 g/mol. The fourth-order valence-corrected chi connectivity index (χ4v) is 2.58. The van der Waals surface area contributed by atoms with Crippen LogP contribution in [0.5, 0.6) is 0 Å². The summed E-state index contributed by atoms with van der Waals surface area (Å²) in [7, 11) is -0.766. The Bertz CT molecular complexity index is 189. The highest BCUT2D eigenvalue weighted by molar-refractivity contribution is 7.82. The van der Waals surface area contributed by atoms with Crippen LogP contribution in [0.2, 0.25) is 0 Å². The van der Waals surface area contributed by atoms with Crippen molar-refractivity contribution in [1.29, 1.82) is 0 Å². The second-order valence-electron chi connectivity index (χ2n) is 4.01. The second-order valence-corrected chi connectivity index (χ2v) is 5.50. The maximum Gasteiger partial charge on any atom is 0.0957 e. The first-order valence-corrected chi connectivity index (χ1v) is 6.80. The molecule has 1 rings (SSSR count). The molecular formula is C11H24N2OS. The number of nitrogens with zero attached hydrogens (tertiary/aromatic N) is 1. The van der Waals surface area contributed by atoms with Crippen LogP contribution in [0.25, 0.3) is 0 Å². The third-order valence-corrected chi connectivity index (χ3v) is 3.65. The van der Waals surface area contributed by atoms with Crippen LogP contribution in [0.3, 0.4) is 0 Å². The van der Waals surface area contributed by atoms with E-state index in [0.29, 0.717) is 5.92 Å². The third-order valence-electron chi connectivity index (χ3n) is 1.81. The van der Waals surface area contributed by atoms with E-state index in [1.54, 1.807) is 6.08 Å². The van der Waals surface area contributed by atoms with Crippen molar-refractivity contribution in [3.63, 3.8) is 0 Å². The zero-order chi connectivity index (χ0) is 11.7. The molecule has 1 heterocycles. The van der Waals surface area contributed by atoms with Gasteiger partial charge in [-0.15, -0.1) is 6.58 Å². The molecule has 0 aliphatic carbocycles. The SMILES string of the molecule is C=CC.CC(C)CS(=O)N1CCCNC1. The molecule has 0 aromatic carbocycles. The highest BCUT2D eigenvalue weighted by Gasteiger charge is 2.16. The molecule has 0 spiro atoms. The Morgan fingerprint density at radius 1 is 1.60 bits per heavy atom. The molecule has 0 amide bonds. The first-order chi connectivity index (χ1) is 7.11. The van der Waals surface area contributed by atoms with Gasteiger partial charge in [-0.2, -0.15) is 0 Å². The summed E-state index contributed by atoms with van der Waals surface area (Å²) in [6, 6.07) is 0. The van der Waals surface area contributed by atoms with Gasteiger partial charge in [0.2, 0.25) is 0 Å². The zero-order valence-electron chi connectivity index (χ0n) is 10.2. The molecule has 0 saturated carbocycles. The normalized spacial score (nSPS) is 19.2. The maximum absolute atomic E-state index is 11.6. The molecule has 3 nitrogen and oxygen atoms in total. The smallest absolute Gasteiger partial charge is 0.0957 e. The lowest BCUT2D eigenvalue weighted by Crippen LogP contribution is -2.43. The molecule has 1 saturated heterocycles. The largest absolute Gasteiger partial charge is 0.304 e. The average Bonchev–Trinajstić information content (AvgIpc) is 2.19. The molecule has 1 N–H and O–H groups in total. The molecule has 90 valence electrons. The first kappa shape index (κ1) is 14.8. The van der Waals surface area contributed by atoms with Gasteiger partial charge in [-0.05, 0) is 25.8 Å². The molecular weight excluding hydrogens is 208 g/mol. The molecule has 0 aromatic rings. The van der Waals surface area contributed by atoms with Crippen molar-refractivity contribution in [3.8, 4) is 0 Å². The van der Waals surface area contributed by atoms with E-state index in [4.69, 9.17) is 0 Å². The summed E-state index contributed by atoms with van der Waals surface area (Å²) in [4.78, 5) is 0. The van der Waals surface area contributed by atoms with E-state index in [2.05, 4.69) is 25.7 Å². The molecule has 1 fully saturated rings. The van der Waals surface area contributed by atoms with Crippen molar-refractivity contribution in [2.24, 2.45) is 5.92 Å². The van der Waals surface area contributed by atoms with Crippen LogP contribution in [0.1, 0.15) is 27.2 Å². The van der Waals surface area contributed by atoms with Crippen LogP contribution in [0.15, 0.2) is 12.7 Å². The van der Waals surface area contributed by atoms with Crippen molar-refractivity contribution in [2.75, 3.05) is 25.5 Å². The topological polar surface area (TPSA) is 32.3 Å². The van der Waals surface area contributed by atoms with Gasteiger partial charge in [-0.3, -0.25) is 0 Å². The highest BCUT2D eigenvalue weighted by Crippen LogP contribution is 2.04. The molecule has 1 aliphatic rings. The fraction of sp³-hybridized carbons (Fsp3) is 0.818. The zero-order valence-corrected chi connectivity index (χ0v) is 11.0. The number of hydrogen-bond acceptors (Lipinski definition) is 2. The Kier molecular flexibility index (Phi) is 8.95. The summed E-state index contributed by atoms with van der Waals surface area (Å²) in [5, 5.41) is 3.22. The summed E-state index contributed by atoms with van der Waals surface area (Å²) in [6.45, 7) is 12.3. The summed E-state index contributed by atoms with van der Waals surface area (Å²) < 4.78 is 13.6.